The van der Waals surface area contributed by atoms with Crippen LogP contribution in [0.2, 0.25) is 0 Å². The molecule has 2 N–H and O–H groups in total. The zero-order valence-electron chi connectivity index (χ0n) is 9.47. The van der Waals surface area contributed by atoms with Gasteiger partial charge in [0.15, 0.2) is 0 Å². The molecule has 0 amide bonds. The van der Waals surface area contributed by atoms with Gasteiger partial charge in [-0.25, -0.2) is 9.59 Å². The van der Waals surface area contributed by atoms with Gasteiger partial charge in [0.05, 0.1) is 0 Å². The summed E-state index contributed by atoms with van der Waals surface area (Å²) in [7, 11) is 0. The second kappa shape index (κ2) is 7.56. The molecule has 0 fully saturated rings. The monoisotopic (exact) mass is 236 g/mol. The summed E-state index contributed by atoms with van der Waals surface area (Å²) < 4.78 is 23.9. The molecule has 0 bridgehead atoms. The van der Waals surface area contributed by atoms with Crippen LogP contribution in [0.5, 0.6) is 0 Å². The minimum Gasteiger partial charge on any atom is -0.476 e. The molecule has 0 saturated carbocycles. The quantitative estimate of drug-likeness (QED) is 0.723. The number of rotatable bonds is 2. The number of hydrogen-bond donors (Lipinski definition) is 2. The summed E-state index contributed by atoms with van der Waals surface area (Å²) in [6.45, 7) is 5.62. The normalized spacial score (nSPS) is 8.38. The number of aliphatic carboxylic acids is 2. The van der Waals surface area contributed by atoms with Gasteiger partial charge in [-0.2, -0.15) is 8.78 Å². The van der Waals surface area contributed by atoms with Gasteiger partial charge in [-0.3, -0.25) is 0 Å². The van der Waals surface area contributed by atoms with Gasteiger partial charge < -0.3 is 10.2 Å². The van der Waals surface area contributed by atoms with E-state index in [-0.39, 0.29) is 11.1 Å². The van der Waals surface area contributed by atoms with Crippen molar-refractivity contribution < 1.29 is 28.6 Å². The maximum atomic E-state index is 11.9. The van der Waals surface area contributed by atoms with Crippen molar-refractivity contribution in [2.75, 3.05) is 0 Å². The number of carbonyl (C=O) groups is 2. The molecule has 0 aromatic carbocycles. The molecule has 0 aliphatic rings. The van der Waals surface area contributed by atoms with E-state index >= 15 is 0 Å². The molecule has 92 valence electrons. The molecule has 0 aliphatic heterocycles. The van der Waals surface area contributed by atoms with E-state index in [1.165, 1.54) is 27.7 Å². The van der Waals surface area contributed by atoms with Crippen molar-refractivity contribution >= 4 is 11.9 Å². The van der Waals surface area contributed by atoms with Crippen molar-refractivity contribution in [3.8, 4) is 0 Å². The van der Waals surface area contributed by atoms with E-state index in [2.05, 4.69) is 0 Å². The number of allylic oxidation sites excluding steroid dienone is 2. The zero-order valence-corrected chi connectivity index (χ0v) is 9.47. The molecule has 0 saturated heterocycles. The number of carboxylic acid groups (broad SMARTS) is 2. The van der Waals surface area contributed by atoms with Crippen LogP contribution in [0.1, 0.15) is 27.7 Å². The van der Waals surface area contributed by atoms with Crippen molar-refractivity contribution in [2.45, 2.75) is 27.7 Å². The Bertz CT molecular complexity index is 301. The summed E-state index contributed by atoms with van der Waals surface area (Å²) in [6, 6.07) is 0. The molecule has 0 aliphatic carbocycles. The molecule has 0 spiro atoms. The highest BCUT2D eigenvalue weighted by Crippen LogP contribution is 2.03. The summed E-state index contributed by atoms with van der Waals surface area (Å²) in [4.78, 5) is 19.4. The van der Waals surface area contributed by atoms with Crippen LogP contribution < -0.4 is 0 Å². The molecule has 4 nitrogen and oxygen atoms in total. The van der Waals surface area contributed by atoms with Crippen LogP contribution >= 0.6 is 0 Å². The third kappa shape index (κ3) is 7.66. The lowest BCUT2D eigenvalue weighted by molar-refractivity contribution is -0.135. The Labute approximate surface area is 91.9 Å². The minimum atomic E-state index is -1.50. The third-order valence-corrected chi connectivity index (χ3v) is 1.25. The van der Waals surface area contributed by atoms with E-state index in [0.29, 0.717) is 0 Å². The Balaban J connectivity index is 0. The zero-order chi connectivity index (χ0) is 13.5. The van der Waals surface area contributed by atoms with E-state index in [9.17, 15) is 18.4 Å². The molecule has 0 rings (SSSR count). The van der Waals surface area contributed by atoms with Crippen LogP contribution in [-0.2, 0) is 9.59 Å². The Kier molecular flexibility index (Phi) is 7.89. The van der Waals surface area contributed by atoms with Crippen molar-refractivity contribution in [1.29, 1.82) is 0 Å². The summed E-state index contributed by atoms with van der Waals surface area (Å²) >= 11 is 0. The average Bonchev–Trinajstić information content (AvgIpc) is 2.15. The van der Waals surface area contributed by atoms with Gasteiger partial charge in [0.1, 0.15) is 0 Å². The van der Waals surface area contributed by atoms with Crippen LogP contribution in [-0.4, -0.2) is 22.2 Å². The van der Waals surface area contributed by atoms with Crippen LogP contribution in [0.3, 0.4) is 0 Å². The molecule has 16 heavy (non-hydrogen) atoms. The minimum absolute atomic E-state index is 0.192. The Morgan fingerprint density at radius 3 is 0.938 bits per heavy atom. The largest absolute Gasteiger partial charge is 0.476 e. The van der Waals surface area contributed by atoms with Crippen molar-refractivity contribution in [2.24, 2.45) is 0 Å². The maximum Gasteiger partial charge on any atom is 0.364 e. The molecular weight excluding hydrogens is 222 g/mol. The fourth-order valence-electron chi connectivity index (χ4n) is 0.428. The molecule has 6 heteroatoms. The van der Waals surface area contributed by atoms with E-state index in [1.807, 2.05) is 0 Å². The number of halogens is 2. The second-order valence-corrected chi connectivity index (χ2v) is 3.24. The van der Waals surface area contributed by atoms with E-state index < -0.39 is 23.6 Å². The topological polar surface area (TPSA) is 74.6 Å². The Hall–Kier alpha value is -1.72. The average molecular weight is 236 g/mol. The van der Waals surface area contributed by atoms with Gasteiger partial charge in [-0.05, 0) is 38.8 Å². The lowest BCUT2D eigenvalue weighted by Crippen LogP contribution is -1.95. The first-order valence-corrected chi connectivity index (χ1v) is 4.23. The van der Waals surface area contributed by atoms with Gasteiger partial charge in [0.2, 0.25) is 11.7 Å². The van der Waals surface area contributed by atoms with Gasteiger partial charge in [0.25, 0.3) is 0 Å². The van der Waals surface area contributed by atoms with E-state index in [0.717, 1.165) is 0 Å². The maximum absolute atomic E-state index is 11.9. The molecule has 0 radical (unpaired) electrons. The van der Waals surface area contributed by atoms with E-state index in [4.69, 9.17) is 10.2 Å². The van der Waals surface area contributed by atoms with Crippen LogP contribution in [0, 0.1) is 0 Å². The molecule has 0 aromatic rings. The molecule has 0 aromatic heterocycles. The molecular formula is C10H14F2O4. The highest BCUT2D eigenvalue weighted by atomic mass is 19.1. The third-order valence-electron chi connectivity index (χ3n) is 1.25. The fourth-order valence-corrected chi connectivity index (χ4v) is 0.428. The van der Waals surface area contributed by atoms with Crippen molar-refractivity contribution in [1.82, 2.24) is 0 Å². The van der Waals surface area contributed by atoms with Crippen LogP contribution in [0.15, 0.2) is 22.8 Å². The first-order chi connectivity index (χ1) is 7.11. The standard InChI is InChI=1S/2C5H7FO2/c2*1-3(2)4(6)5(7)8/h2*1-2H3,(H,7,8). The summed E-state index contributed by atoms with van der Waals surface area (Å²) in [6.07, 6.45) is 0. The molecule has 0 heterocycles. The smallest absolute Gasteiger partial charge is 0.364 e. The highest BCUT2D eigenvalue weighted by Gasteiger charge is 2.05. The van der Waals surface area contributed by atoms with Crippen molar-refractivity contribution in [3.63, 3.8) is 0 Å². The van der Waals surface area contributed by atoms with Gasteiger partial charge >= 0.3 is 11.9 Å². The summed E-state index contributed by atoms with van der Waals surface area (Å²) in [5, 5.41) is 15.8. The second-order valence-electron chi connectivity index (χ2n) is 3.24. The first-order valence-electron chi connectivity index (χ1n) is 4.23. The predicted octanol–water partition coefficient (Wildman–Crippen LogP) is 2.67. The van der Waals surface area contributed by atoms with Crippen LogP contribution in [0.4, 0.5) is 8.78 Å². The molecule has 0 atom stereocenters. The predicted molar refractivity (Wildman–Crippen MR) is 54.2 cm³/mol. The lowest BCUT2D eigenvalue weighted by Gasteiger charge is -1.87. The Morgan fingerprint density at radius 1 is 0.750 bits per heavy atom. The first kappa shape index (κ1) is 16.7. The van der Waals surface area contributed by atoms with E-state index in [1.54, 1.807) is 0 Å². The van der Waals surface area contributed by atoms with Gasteiger partial charge in [-0.15, -0.1) is 0 Å². The van der Waals surface area contributed by atoms with Crippen molar-refractivity contribution in [3.05, 3.63) is 22.8 Å². The summed E-state index contributed by atoms with van der Waals surface area (Å²) in [5.41, 5.74) is 0.384. The number of carboxylic acids is 2. The molecule has 0 unspecified atom stereocenters. The van der Waals surface area contributed by atoms with Crippen LogP contribution in [0.25, 0.3) is 0 Å². The van der Waals surface area contributed by atoms with Gasteiger partial charge in [0, 0.05) is 0 Å². The van der Waals surface area contributed by atoms with Gasteiger partial charge in [-0.1, -0.05) is 0 Å². The summed E-state index contributed by atoms with van der Waals surface area (Å²) in [5.74, 6) is -5.12. The number of hydrogen-bond acceptors (Lipinski definition) is 2. The Morgan fingerprint density at radius 2 is 0.938 bits per heavy atom. The SMILES string of the molecule is CC(C)=C(F)C(=O)O.CC(C)=C(F)C(=O)O. The fraction of sp³-hybridized carbons (Fsp3) is 0.400. The lowest BCUT2D eigenvalue weighted by atomic mass is 10.3. The highest BCUT2D eigenvalue weighted by molar-refractivity contribution is 5.84.